The van der Waals surface area contributed by atoms with E-state index in [1.807, 2.05) is 12.3 Å². The largest absolute Gasteiger partial charge is 0.481 e. The van der Waals surface area contributed by atoms with Crippen LogP contribution in [0.15, 0.2) is 10.9 Å². The van der Waals surface area contributed by atoms with Gasteiger partial charge in [-0.1, -0.05) is 6.92 Å². The highest BCUT2D eigenvalue weighted by Gasteiger charge is 2.40. The van der Waals surface area contributed by atoms with Crippen LogP contribution in [0.4, 0.5) is 0 Å². The topological polar surface area (TPSA) is 174 Å². The van der Waals surface area contributed by atoms with Gasteiger partial charge in [0.1, 0.15) is 0 Å². The van der Waals surface area contributed by atoms with E-state index in [1.165, 1.54) is 11.3 Å². The third-order valence-corrected chi connectivity index (χ3v) is 3.19. The zero-order chi connectivity index (χ0) is 18.8. The Labute approximate surface area is 140 Å². The van der Waals surface area contributed by atoms with Gasteiger partial charge in [-0.3, -0.25) is 14.4 Å². The van der Waals surface area contributed by atoms with E-state index in [1.54, 1.807) is 5.51 Å². The standard InChI is InChI=1S/C7H10N2OS.C6H8O7/c1-2-7(10)8-3-6-4-11-5-9-6;7-3(8)1-6(13,5(11)12)2-4(9)10/h4-5H,2-3H2,1H3,(H,8,10);13H,1-2H2,(H,7,8)(H,9,10)(H,11,12). The normalized spacial score (nSPS) is 10.2. The fourth-order valence-corrected chi connectivity index (χ4v) is 1.91. The Morgan fingerprint density at radius 2 is 1.71 bits per heavy atom. The predicted octanol–water partition coefficient (Wildman–Crippen LogP) is -0.0792. The number of thiazole rings is 1. The highest BCUT2D eigenvalue weighted by atomic mass is 32.1. The second kappa shape index (κ2) is 10.3. The molecule has 0 aliphatic heterocycles. The lowest BCUT2D eigenvalue weighted by Gasteiger charge is -2.18. The number of aliphatic carboxylic acids is 3. The number of nitrogens with one attached hydrogen (secondary N) is 1. The Morgan fingerprint density at radius 3 is 2.04 bits per heavy atom. The van der Waals surface area contributed by atoms with Gasteiger partial charge in [0.25, 0.3) is 0 Å². The van der Waals surface area contributed by atoms with E-state index in [-0.39, 0.29) is 5.91 Å². The predicted molar refractivity (Wildman–Crippen MR) is 81.3 cm³/mol. The van der Waals surface area contributed by atoms with E-state index in [9.17, 15) is 19.2 Å². The van der Waals surface area contributed by atoms with Crippen LogP contribution < -0.4 is 5.32 Å². The van der Waals surface area contributed by atoms with E-state index in [0.717, 1.165) is 5.69 Å². The number of carbonyl (C=O) groups excluding carboxylic acids is 1. The van der Waals surface area contributed by atoms with Gasteiger partial charge in [0.15, 0.2) is 5.60 Å². The first kappa shape index (κ1) is 21.5. The van der Waals surface area contributed by atoms with E-state index < -0.39 is 36.4 Å². The van der Waals surface area contributed by atoms with E-state index in [4.69, 9.17) is 20.4 Å². The number of amides is 1. The van der Waals surface area contributed by atoms with Gasteiger partial charge in [-0.25, -0.2) is 9.78 Å². The molecule has 11 heteroatoms. The van der Waals surface area contributed by atoms with Crippen LogP contribution in [-0.2, 0) is 25.7 Å². The van der Waals surface area contributed by atoms with E-state index in [2.05, 4.69) is 10.3 Å². The lowest BCUT2D eigenvalue weighted by atomic mass is 9.96. The van der Waals surface area contributed by atoms with Gasteiger partial charge >= 0.3 is 17.9 Å². The Kier molecular flexibility index (Phi) is 9.20. The number of carboxylic acids is 3. The number of aromatic nitrogens is 1. The number of carbonyl (C=O) groups is 4. The smallest absolute Gasteiger partial charge is 0.336 e. The summed E-state index contributed by atoms with van der Waals surface area (Å²) in [5.41, 5.74) is -0.0535. The van der Waals surface area contributed by atoms with Crippen molar-refractivity contribution in [1.29, 1.82) is 0 Å². The Balaban J connectivity index is 0.000000446. The van der Waals surface area contributed by atoms with E-state index in [0.29, 0.717) is 13.0 Å². The maximum absolute atomic E-state index is 10.8. The minimum Gasteiger partial charge on any atom is -0.481 e. The van der Waals surface area contributed by atoms with Crippen molar-refractivity contribution in [3.8, 4) is 0 Å². The summed E-state index contributed by atoms with van der Waals surface area (Å²) in [6.45, 7) is 2.38. The van der Waals surface area contributed by atoms with Crippen LogP contribution >= 0.6 is 11.3 Å². The van der Waals surface area contributed by atoms with Crippen LogP contribution in [-0.4, -0.2) is 54.8 Å². The molecule has 0 unspecified atom stereocenters. The summed E-state index contributed by atoms with van der Waals surface area (Å²) in [5.74, 6) is -4.95. The average Bonchev–Trinajstić information content (AvgIpc) is 2.96. The second-order valence-electron chi connectivity index (χ2n) is 4.59. The van der Waals surface area contributed by atoms with Crippen molar-refractivity contribution in [2.24, 2.45) is 0 Å². The molecule has 0 aliphatic carbocycles. The molecule has 1 aromatic heterocycles. The summed E-state index contributed by atoms with van der Waals surface area (Å²) >= 11 is 1.54. The Morgan fingerprint density at radius 1 is 1.17 bits per heavy atom. The molecule has 0 aromatic carbocycles. The highest BCUT2D eigenvalue weighted by Crippen LogP contribution is 2.15. The van der Waals surface area contributed by atoms with Gasteiger partial charge < -0.3 is 25.7 Å². The minimum atomic E-state index is -2.74. The summed E-state index contributed by atoms with van der Waals surface area (Å²) < 4.78 is 0. The van der Waals surface area contributed by atoms with Gasteiger partial charge in [-0.2, -0.15) is 0 Å². The van der Waals surface area contributed by atoms with Gasteiger partial charge in [-0.15, -0.1) is 11.3 Å². The first-order chi connectivity index (χ1) is 11.1. The van der Waals surface area contributed by atoms with Gasteiger partial charge in [0, 0.05) is 11.8 Å². The van der Waals surface area contributed by atoms with Crippen molar-refractivity contribution >= 4 is 35.2 Å². The molecular weight excluding hydrogens is 344 g/mol. The molecule has 0 saturated carbocycles. The van der Waals surface area contributed by atoms with Gasteiger partial charge in [-0.05, 0) is 0 Å². The summed E-state index contributed by atoms with van der Waals surface area (Å²) in [6.07, 6.45) is -1.76. The van der Waals surface area contributed by atoms with Crippen molar-refractivity contribution in [2.45, 2.75) is 38.3 Å². The quantitative estimate of drug-likeness (QED) is 0.423. The maximum atomic E-state index is 10.8. The monoisotopic (exact) mass is 362 g/mol. The van der Waals surface area contributed by atoms with Crippen LogP contribution in [0, 0.1) is 0 Å². The van der Waals surface area contributed by atoms with Crippen molar-refractivity contribution in [3.05, 3.63) is 16.6 Å². The molecular formula is C13H18N2O8S. The Bertz CT molecular complexity index is 557. The van der Waals surface area contributed by atoms with Crippen LogP contribution in [0.25, 0.3) is 0 Å². The van der Waals surface area contributed by atoms with Crippen molar-refractivity contribution < 1.29 is 39.6 Å². The molecule has 0 bridgehead atoms. The fourth-order valence-electron chi connectivity index (χ4n) is 1.35. The van der Waals surface area contributed by atoms with Crippen LogP contribution in [0.5, 0.6) is 0 Å². The number of nitrogens with zero attached hydrogens (tertiary/aromatic N) is 1. The molecule has 0 fully saturated rings. The highest BCUT2D eigenvalue weighted by molar-refractivity contribution is 7.07. The van der Waals surface area contributed by atoms with Crippen LogP contribution in [0.1, 0.15) is 31.9 Å². The lowest BCUT2D eigenvalue weighted by Crippen LogP contribution is -2.42. The molecule has 5 N–H and O–H groups in total. The summed E-state index contributed by atoms with van der Waals surface area (Å²) in [4.78, 5) is 45.3. The van der Waals surface area contributed by atoms with Crippen LogP contribution in [0.3, 0.4) is 0 Å². The van der Waals surface area contributed by atoms with Crippen LogP contribution in [0.2, 0.25) is 0 Å². The summed E-state index contributed by atoms with van der Waals surface area (Å²) in [7, 11) is 0. The lowest BCUT2D eigenvalue weighted by molar-refractivity contribution is -0.170. The molecule has 24 heavy (non-hydrogen) atoms. The van der Waals surface area contributed by atoms with Gasteiger partial charge in [0.2, 0.25) is 5.91 Å². The molecule has 0 spiro atoms. The summed E-state index contributed by atoms with van der Waals surface area (Å²) in [5, 5.41) is 38.5. The minimum absolute atomic E-state index is 0.0676. The molecule has 0 saturated heterocycles. The SMILES string of the molecule is CCC(=O)NCc1cscn1.O=C(O)CC(O)(CC(=O)O)C(=O)O. The summed E-state index contributed by atoms with van der Waals surface area (Å²) in [6, 6.07) is 0. The molecule has 1 aromatic rings. The van der Waals surface area contributed by atoms with Gasteiger partial charge in [0.05, 0.1) is 30.6 Å². The fraction of sp³-hybridized carbons (Fsp3) is 0.462. The number of carboxylic acid groups (broad SMARTS) is 3. The first-order valence-corrected chi connectivity index (χ1v) is 7.58. The third kappa shape index (κ3) is 8.80. The molecule has 0 aliphatic rings. The Hall–Kier alpha value is -2.53. The third-order valence-electron chi connectivity index (χ3n) is 2.56. The van der Waals surface area contributed by atoms with Crippen molar-refractivity contribution in [3.63, 3.8) is 0 Å². The van der Waals surface area contributed by atoms with E-state index >= 15 is 0 Å². The van der Waals surface area contributed by atoms with Crippen molar-refractivity contribution in [1.82, 2.24) is 10.3 Å². The number of hydrogen-bond donors (Lipinski definition) is 5. The number of rotatable bonds is 8. The zero-order valence-electron chi connectivity index (χ0n) is 12.8. The molecule has 0 radical (unpaired) electrons. The first-order valence-electron chi connectivity index (χ1n) is 6.63. The zero-order valence-corrected chi connectivity index (χ0v) is 13.6. The number of hydrogen-bond acceptors (Lipinski definition) is 7. The molecule has 10 nitrogen and oxygen atoms in total. The molecule has 134 valence electrons. The van der Waals surface area contributed by atoms with Crippen molar-refractivity contribution in [2.75, 3.05) is 0 Å². The maximum Gasteiger partial charge on any atom is 0.336 e. The molecule has 0 atom stereocenters. The molecule has 1 amide bonds. The second-order valence-corrected chi connectivity index (χ2v) is 5.31. The average molecular weight is 362 g/mol. The number of aliphatic hydroxyl groups is 1. The molecule has 1 rings (SSSR count). The molecule has 1 heterocycles.